The smallest absolute Gasteiger partial charge is 0.339 e. The van der Waals surface area contributed by atoms with E-state index in [9.17, 15) is 9.59 Å². The Bertz CT molecular complexity index is 775. The van der Waals surface area contributed by atoms with Gasteiger partial charge in [0.25, 0.3) is 5.91 Å². The number of hydrogen-bond acceptors (Lipinski definition) is 3. The summed E-state index contributed by atoms with van der Waals surface area (Å²) in [6, 6.07) is 14.6. The van der Waals surface area contributed by atoms with E-state index in [1.807, 2.05) is 37.3 Å². The summed E-state index contributed by atoms with van der Waals surface area (Å²) in [5.74, 6) is -0.616. The maximum Gasteiger partial charge on any atom is 0.339 e. The third-order valence-corrected chi connectivity index (χ3v) is 4.36. The van der Waals surface area contributed by atoms with Crippen LogP contribution >= 0.6 is 11.6 Å². The predicted molar refractivity (Wildman–Crippen MR) is 91.9 cm³/mol. The van der Waals surface area contributed by atoms with E-state index in [1.54, 1.807) is 23.1 Å². The molecule has 2 aromatic carbocycles. The van der Waals surface area contributed by atoms with Crippen molar-refractivity contribution in [3.63, 3.8) is 0 Å². The molecule has 2 aromatic rings. The summed E-state index contributed by atoms with van der Waals surface area (Å²) >= 11 is 6.00. The van der Waals surface area contributed by atoms with Crippen molar-refractivity contribution in [2.45, 2.75) is 26.0 Å². The van der Waals surface area contributed by atoms with Crippen LogP contribution in [0.2, 0.25) is 5.02 Å². The van der Waals surface area contributed by atoms with Crippen LogP contribution in [0.15, 0.2) is 48.5 Å². The number of halogens is 1. The van der Waals surface area contributed by atoms with Gasteiger partial charge in [0.05, 0.1) is 5.56 Å². The van der Waals surface area contributed by atoms with Gasteiger partial charge in [-0.15, -0.1) is 0 Å². The van der Waals surface area contributed by atoms with E-state index in [-0.39, 0.29) is 5.91 Å². The van der Waals surface area contributed by atoms with Gasteiger partial charge in [0, 0.05) is 24.5 Å². The molecular weight excluding hydrogens is 326 g/mol. The number of esters is 1. The predicted octanol–water partition coefficient (Wildman–Crippen LogP) is 3.47. The van der Waals surface area contributed by atoms with Crippen molar-refractivity contribution in [3.8, 4) is 0 Å². The van der Waals surface area contributed by atoms with E-state index in [0.717, 1.165) is 11.1 Å². The molecule has 1 aliphatic rings. The number of ether oxygens (including phenoxy) is 1. The Kier molecular flexibility index (Phi) is 4.86. The van der Waals surface area contributed by atoms with Crippen molar-refractivity contribution in [3.05, 3.63) is 70.2 Å². The molecule has 0 N–H and O–H groups in total. The van der Waals surface area contributed by atoms with Gasteiger partial charge in [0.2, 0.25) is 0 Å². The molecule has 5 heteroatoms. The summed E-state index contributed by atoms with van der Waals surface area (Å²) in [5.41, 5.74) is 2.34. The molecule has 1 amide bonds. The maximum absolute atomic E-state index is 12.8. The van der Waals surface area contributed by atoms with Crippen LogP contribution in [-0.4, -0.2) is 29.4 Å². The zero-order valence-electron chi connectivity index (χ0n) is 13.4. The Morgan fingerprint density at radius 2 is 2.04 bits per heavy atom. The lowest BCUT2D eigenvalue weighted by molar-refractivity contribution is -0.141. The fourth-order valence-corrected chi connectivity index (χ4v) is 3.09. The van der Waals surface area contributed by atoms with Crippen molar-refractivity contribution in [2.24, 2.45) is 0 Å². The number of fused-ring (bicyclic) bond motifs is 1. The van der Waals surface area contributed by atoms with Gasteiger partial charge in [-0.3, -0.25) is 4.79 Å². The van der Waals surface area contributed by atoms with Crippen LogP contribution in [0.1, 0.15) is 28.4 Å². The van der Waals surface area contributed by atoms with Crippen molar-refractivity contribution in [1.82, 2.24) is 4.90 Å². The molecule has 0 bridgehead atoms. The van der Waals surface area contributed by atoms with Crippen molar-refractivity contribution in [2.75, 3.05) is 6.54 Å². The Labute approximate surface area is 146 Å². The molecule has 0 spiro atoms. The molecule has 0 saturated carbocycles. The second kappa shape index (κ2) is 7.05. The highest BCUT2D eigenvalue weighted by atomic mass is 35.5. The van der Waals surface area contributed by atoms with Crippen LogP contribution in [0.25, 0.3) is 0 Å². The minimum Gasteiger partial charge on any atom is -0.448 e. The van der Waals surface area contributed by atoms with Crippen LogP contribution in [0, 0.1) is 0 Å². The summed E-state index contributed by atoms with van der Waals surface area (Å²) < 4.78 is 5.36. The Balaban J connectivity index is 1.76. The molecular formula is C19H18ClNO3. The first-order valence-corrected chi connectivity index (χ1v) is 8.28. The molecule has 0 saturated heterocycles. The molecule has 4 nitrogen and oxygen atoms in total. The Hall–Kier alpha value is -2.33. The molecule has 0 aromatic heterocycles. The maximum atomic E-state index is 12.8. The van der Waals surface area contributed by atoms with Crippen LogP contribution in [0.5, 0.6) is 0 Å². The average molecular weight is 344 g/mol. The standard InChI is InChI=1S/C19H18ClNO3/c1-2-21(12-13-6-5-8-15(20)10-13)18(22)17-11-14-7-3-4-9-16(14)19(23)24-17/h3-10,17H,2,11-12H2,1H3. The van der Waals surface area contributed by atoms with Gasteiger partial charge in [0.1, 0.15) is 0 Å². The molecule has 1 aliphatic heterocycles. The number of benzene rings is 2. The third-order valence-electron chi connectivity index (χ3n) is 4.12. The van der Waals surface area contributed by atoms with Gasteiger partial charge in [-0.2, -0.15) is 0 Å². The van der Waals surface area contributed by atoms with Gasteiger partial charge >= 0.3 is 5.97 Å². The minimum atomic E-state index is -0.772. The summed E-state index contributed by atoms with van der Waals surface area (Å²) in [6.45, 7) is 2.87. The average Bonchev–Trinajstić information content (AvgIpc) is 2.59. The van der Waals surface area contributed by atoms with E-state index < -0.39 is 12.1 Å². The number of carbonyl (C=O) groups is 2. The molecule has 0 radical (unpaired) electrons. The molecule has 0 fully saturated rings. The number of cyclic esters (lactones) is 1. The highest BCUT2D eigenvalue weighted by molar-refractivity contribution is 6.30. The molecule has 1 atom stereocenters. The lowest BCUT2D eigenvalue weighted by Crippen LogP contribution is -2.44. The zero-order chi connectivity index (χ0) is 17.1. The minimum absolute atomic E-state index is 0.180. The van der Waals surface area contributed by atoms with Crippen LogP contribution in [0.4, 0.5) is 0 Å². The normalized spacial score (nSPS) is 16.2. The monoisotopic (exact) mass is 343 g/mol. The lowest BCUT2D eigenvalue weighted by Gasteiger charge is -2.29. The molecule has 3 rings (SSSR count). The van der Waals surface area contributed by atoms with Gasteiger partial charge in [-0.25, -0.2) is 4.79 Å². The third kappa shape index (κ3) is 3.44. The van der Waals surface area contributed by atoms with E-state index in [4.69, 9.17) is 16.3 Å². The summed E-state index contributed by atoms with van der Waals surface area (Å²) in [6.07, 6.45) is -0.362. The van der Waals surface area contributed by atoms with Gasteiger partial charge in [-0.05, 0) is 36.2 Å². The molecule has 1 unspecified atom stereocenters. The fraction of sp³-hybridized carbons (Fsp3) is 0.263. The number of amides is 1. The Morgan fingerprint density at radius 1 is 1.25 bits per heavy atom. The zero-order valence-corrected chi connectivity index (χ0v) is 14.1. The SMILES string of the molecule is CCN(Cc1cccc(Cl)c1)C(=O)C1Cc2ccccc2C(=O)O1. The largest absolute Gasteiger partial charge is 0.448 e. The number of hydrogen-bond donors (Lipinski definition) is 0. The number of carbonyl (C=O) groups excluding carboxylic acids is 2. The lowest BCUT2D eigenvalue weighted by atomic mass is 9.98. The van der Waals surface area contributed by atoms with Gasteiger partial charge in [-0.1, -0.05) is 41.9 Å². The summed E-state index contributed by atoms with van der Waals surface area (Å²) in [4.78, 5) is 26.6. The first-order valence-electron chi connectivity index (χ1n) is 7.90. The summed E-state index contributed by atoms with van der Waals surface area (Å²) in [7, 11) is 0. The van der Waals surface area contributed by atoms with Crippen molar-refractivity contribution < 1.29 is 14.3 Å². The second-order valence-corrected chi connectivity index (χ2v) is 6.17. The van der Waals surface area contributed by atoms with E-state index >= 15 is 0 Å². The molecule has 24 heavy (non-hydrogen) atoms. The molecule has 124 valence electrons. The first kappa shape index (κ1) is 16.5. The fourth-order valence-electron chi connectivity index (χ4n) is 2.87. The quantitative estimate of drug-likeness (QED) is 0.798. The van der Waals surface area contributed by atoms with E-state index in [0.29, 0.717) is 30.1 Å². The highest BCUT2D eigenvalue weighted by Gasteiger charge is 2.33. The second-order valence-electron chi connectivity index (χ2n) is 5.74. The van der Waals surface area contributed by atoms with Crippen molar-refractivity contribution >= 4 is 23.5 Å². The van der Waals surface area contributed by atoms with Gasteiger partial charge < -0.3 is 9.64 Å². The van der Waals surface area contributed by atoms with E-state index in [2.05, 4.69) is 0 Å². The van der Waals surface area contributed by atoms with Gasteiger partial charge in [0.15, 0.2) is 6.10 Å². The van der Waals surface area contributed by atoms with Crippen LogP contribution in [0.3, 0.4) is 0 Å². The topological polar surface area (TPSA) is 46.6 Å². The number of likely N-dealkylation sites (N-methyl/N-ethyl adjacent to an activating group) is 1. The molecule has 1 heterocycles. The molecule has 0 aliphatic carbocycles. The first-order chi connectivity index (χ1) is 11.6. The highest BCUT2D eigenvalue weighted by Crippen LogP contribution is 2.22. The Morgan fingerprint density at radius 3 is 2.79 bits per heavy atom. The van der Waals surface area contributed by atoms with Crippen LogP contribution < -0.4 is 0 Å². The number of nitrogens with zero attached hydrogens (tertiary/aromatic N) is 1. The number of rotatable bonds is 4. The van der Waals surface area contributed by atoms with Crippen molar-refractivity contribution in [1.29, 1.82) is 0 Å². The van der Waals surface area contributed by atoms with Crippen LogP contribution in [-0.2, 0) is 22.5 Å². The van der Waals surface area contributed by atoms with E-state index in [1.165, 1.54) is 0 Å². The summed E-state index contributed by atoms with van der Waals surface area (Å²) in [5, 5.41) is 0.633.